The molecule has 0 unspecified atom stereocenters. The zero-order valence-electron chi connectivity index (χ0n) is 19.7. The second kappa shape index (κ2) is 11.0. The van der Waals surface area contributed by atoms with E-state index in [9.17, 15) is 4.79 Å². The molecule has 1 fully saturated rings. The lowest BCUT2D eigenvalue weighted by Gasteiger charge is -2.36. The number of ether oxygens (including phenoxy) is 2. The van der Waals surface area contributed by atoms with Crippen molar-refractivity contribution in [3.8, 4) is 11.5 Å². The van der Waals surface area contributed by atoms with Crippen molar-refractivity contribution in [2.75, 3.05) is 44.3 Å². The molecule has 2 aliphatic heterocycles. The fourth-order valence-corrected chi connectivity index (χ4v) is 4.92. The van der Waals surface area contributed by atoms with Gasteiger partial charge in [0.2, 0.25) is 5.91 Å². The Labute approximate surface area is 211 Å². The molecule has 0 aromatic heterocycles. The van der Waals surface area contributed by atoms with Crippen molar-refractivity contribution in [3.63, 3.8) is 0 Å². The summed E-state index contributed by atoms with van der Waals surface area (Å²) in [5.41, 5.74) is 4.49. The van der Waals surface area contributed by atoms with E-state index in [1.54, 1.807) is 6.07 Å². The number of halogens is 1. The molecular weight excluding hydrogens is 462 g/mol. The molecule has 1 amide bonds. The predicted octanol–water partition coefficient (Wildman–Crippen LogP) is 4.29. The average molecular weight is 492 g/mol. The lowest BCUT2D eigenvalue weighted by molar-refractivity contribution is -0.120. The number of hydrogen-bond acceptors (Lipinski definition) is 5. The average Bonchev–Trinajstić information content (AvgIpc) is 2.89. The summed E-state index contributed by atoms with van der Waals surface area (Å²) in [4.78, 5) is 17.6. The first-order chi connectivity index (χ1) is 17.2. The van der Waals surface area contributed by atoms with Crippen LogP contribution in [-0.4, -0.2) is 50.2 Å². The van der Waals surface area contributed by atoms with Gasteiger partial charge in [0.15, 0.2) is 11.5 Å². The molecule has 0 atom stereocenters. The summed E-state index contributed by atoms with van der Waals surface area (Å²) in [6, 6.07) is 22.5. The highest BCUT2D eigenvalue weighted by Crippen LogP contribution is 2.38. The summed E-state index contributed by atoms with van der Waals surface area (Å²) < 4.78 is 11.2. The molecule has 3 aromatic rings. The van der Waals surface area contributed by atoms with Gasteiger partial charge in [-0.1, -0.05) is 54.1 Å². The van der Waals surface area contributed by atoms with E-state index in [1.807, 2.05) is 12.1 Å². The topological polar surface area (TPSA) is 54.0 Å². The van der Waals surface area contributed by atoms with E-state index < -0.39 is 0 Å². The third-order valence-electron chi connectivity index (χ3n) is 6.50. The monoisotopic (exact) mass is 491 g/mol. The van der Waals surface area contributed by atoms with Gasteiger partial charge in [-0.05, 0) is 41.0 Å². The maximum absolute atomic E-state index is 12.7. The Hall–Kier alpha value is -3.22. The van der Waals surface area contributed by atoms with Crippen molar-refractivity contribution >= 4 is 23.2 Å². The van der Waals surface area contributed by atoms with Crippen LogP contribution >= 0.6 is 11.6 Å². The summed E-state index contributed by atoms with van der Waals surface area (Å²) in [5, 5.41) is 3.55. The van der Waals surface area contributed by atoms with E-state index in [2.05, 4.69) is 63.6 Å². The molecule has 0 radical (unpaired) electrons. The Morgan fingerprint density at radius 2 is 1.60 bits per heavy atom. The first kappa shape index (κ1) is 23.5. The molecule has 1 saturated heterocycles. The molecule has 3 aromatic carbocycles. The minimum atomic E-state index is -0.0518. The highest BCUT2D eigenvalue weighted by Gasteiger charge is 2.19. The van der Waals surface area contributed by atoms with E-state index in [0.717, 1.165) is 43.9 Å². The van der Waals surface area contributed by atoms with Gasteiger partial charge in [-0.3, -0.25) is 9.69 Å². The number of carbonyl (C=O) groups excluding carboxylic acids is 1. The van der Waals surface area contributed by atoms with Gasteiger partial charge in [0, 0.05) is 45.0 Å². The van der Waals surface area contributed by atoms with Gasteiger partial charge in [-0.25, -0.2) is 0 Å². The number of fused-ring (bicyclic) bond motifs is 1. The predicted molar refractivity (Wildman–Crippen MR) is 138 cm³/mol. The molecule has 0 bridgehead atoms. The third-order valence-corrected chi connectivity index (χ3v) is 6.78. The molecule has 182 valence electrons. The van der Waals surface area contributed by atoms with E-state index in [1.165, 1.54) is 11.3 Å². The fourth-order valence-electron chi connectivity index (χ4n) is 4.64. The summed E-state index contributed by atoms with van der Waals surface area (Å²) in [6.07, 6.45) is 0.236. The maximum atomic E-state index is 12.7. The second-order valence-corrected chi connectivity index (χ2v) is 9.33. The van der Waals surface area contributed by atoms with Crippen LogP contribution in [0.4, 0.5) is 5.69 Å². The van der Waals surface area contributed by atoms with Crippen LogP contribution in [0.1, 0.15) is 16.7 Å². The van der Waals surface area contributed by atoms with E-state index in [0.29, 0.717) is 36.3 Å². The molecule has 6 nitrogen and oxygen atoms in total. The standard InChI is InChI=1S/C28H30ClN3O3/c29-25-16-21(17-26-28(25)35-15-14-34-26)18-27(33)30-19-22-6-4-5-7-23(22)20-31-10-12-32(13-11-31)24-8-2-1-3-9-24/h1-9,16-17H,10-15,18-20H2,(H,30,33). The Morgan fingerprint density at radius 3 is 2.40 bits per heavy atom. The summed E-state index contributed by atoms with van der Waals surface area (Å²) >= 11 is 6.32. The Morgan fingerprint density at radius 1 is 0.886 bits per heavy atom. The molecule has 35 heavy (non-hydrogen) atoms. The van der Waals surface area contributed by atoms with Crippen molar-refractivity contribution in [3.05, 3.63) is 88.4 Å². The number of piperazine rings is 1. The van der Waals surface area contributed by atoms with Crippen molar-refractivity contribution in [2.45, 2.75) is 19.5 Å². The van der Waals surface area contributed by atoms with Gasteiger partial charge in [0.25, 0.3) is 0 Å². The molecule has 0 spiro atoms. The number of anilines is 1. The number of nitrogens with zero attached hydrogens (tertiary/aromatic N) is 2. The van der Waals surface area contributed by atoms with Gasteiger partial charge in [0.1, 0.15) is 13.2 Å². The minimum absolute atomic E-state index is 0.0518. The number of rotatable bonds is 7. The Bertz CT molecular complexity index is 1160. The number of nitrogens with one attached hydrogen (secondary N) is 1. The lowest BCUT2D eigenvalue weighted by Crippen LogP contribution is -2.46. The SMILES string of the molecule is O=C(Cc1cc(Cl)c2c(c1)OCCO2)NCc1ccccc1CN1CCN(c2ccccc2)CC1. The highest BCUT2D eigenvalue weighted by atomic mass is 35.5. The van der Waals surface area contributed by atoms with Crippen molar-refractivity contribution in [1.29, 1.82) is 0 Å². The van der Waals surface area contributed by atoms with Crippen LogP contribution in [0.5, 0.6) is 11.5 Å². The fraction of sp³-hybridized carbons (Fsp3) is 0.321. The summed E-state index contributed by atoms with van der Waals surface area (Å²) in [6.45, 7) is 6.40. The first-order valence-electron chi connectivity index (χ1n) is 12.1. The molecule has 1 N–H and O–H groups in total. The maximum Gasteiger partial charge on any atom is 0.224 e. The Balaban J connectivity index is 1.15. The molecule has 0 saturated carbocycles. The number of amides is 1. The van der Waals surface area contributed by atoms with E-state index >= 15 is 0 Å². The zero-order valence-corrected chi connectivity index (χ0v) is 20.5. The Kier molecular flexibility index (Phi) is 7.40. The number of benzene rings is 3. The van der Waals surface area contributed by atoms with Gasteiger partial charge >= 0.3 is 0 Å². The van der Waals surface area contributed by atoms with Gasteiger partial charge in [-0.15, -0.1) is 0 Å². The van der Waals surface area contributed by atoms with Crippen LogP contribution in [0.25, 0.3) is 0 Å². The van der Waals surface area contributed by atoms with Crippen LogP contribution in [0.3, 0.4) is 0 Å². The zero-order chi connectivity index (χ0) is 24.0. The van der Waals surface area contributed by atoms with Gasteiger partial charge < -0.3 is 19.7 Å². The summed E-state index contributed by atoms with van der Waals surface area (Å²) in [5.74, 6) is 1.11. The highest BCUT2D eigenvalue weighted by molar-refractivity contribution is 6.32. The van der Waals surface area contributed by atoms with Gasteiger partial charge in [0.05, 0.1) is 11.4 Å². The van der Waals surface area contributed by atoms with Crippen molar-refractivity contribution in [1.82, 2.24) is 10.2 Å². The normalized spacial score (nSPS) is 15.6. The third kappa shape index (κ3) is 5.89. The number of para-hydroxylation sites is 1. The largest absolute Gasteiger partial charge is 0.486 e. The van der Waals surface area contributed by atoms with Crippen molar-refractivity contribution < 1.29 is 14.3 Å². The molecule has 7 heteroatoms. The number of carbonyl (C=O) groups is 1. The van der Waals surface area contributed by atoms with E-state index in [-0.39, 0.29) is 12.3 Å². The van der Waals surface area contributed by atoms with Crippen LogP contribution in [0, 0.1) is 0 Å². The smallest absolute Gasteiger partial charge is 0.224 e. The number of hydrogen-bond donors (Lipinski definition) is 1. The quantitative estimate of drug-likeness (QED) is 0.534. The minimum Gasteiger partial charge on any atom is -0.486 e. The van der Waals surface area contributed by atoms with Crippen LogP contribution < -0.4 is 19.7 Å². The van der Waals surface area contributed by atoms with Crippen LogP contribution in [0.2, 0.25) is 5.02 Å². The van der Waals surface area contributed by atoms with E-state index in [4.69, 9.17) is 21.1 Å². The molecular formula is C28H30ClN3O3. The lowest BCUT2D eigenvalue weighted by atomic mass is 10.1. The van der Waals surface area contributed by atoms with Gasteiger partial charge in [-0.2, -0.15) is 0 Å². The van der Waals surface area contributed by atoms with Crippen molar-refractivity contribution in [2.24, 2.45) is 0 Å². The molecule has 5 rings (SSSR count). The summed E-state index contributed by atoms with van der Waals surface area (Å²) in [7, 11) is 0. The second-order valence-electron chi connectivity index (χ2n) is 8.92. The molecule has 2 heterocycles. The van der Waals surface area contributed by atoms with Crippen LogP contribution in [-0.2, 0) is 24.3 Å². The molecule has 2 aliphatic rings. The molecule has 0 aliphatic carbocycles. The van der Waals surface area contributed by atoms with Crippen LogP contribution in [0.15, 0.2) is 66.7 Å². The first-order valence-corrected chi connectivity index (χ1v) is 12.5.